The first-order chi connectivity index (χ1) is 10.2. The van der Waals surface area contributed by atoms with Gasteiger partial charge in [0.2, 0.25) is 0 Å². The predicted octanol–water partition coefficient (Wildman–Crippen LogP) is 3.17. The summed E-state index contributed by atoms with van der Waals surface area (Å²) in [7, 11) is 3.10. The summed E-state index contributed by atoms with van der Waals surface area (Å²) >= 11 is 6.04. The molecule has 1 aromatic carbocycles. The van der Waals surface area contributed by atoms with E-state index in [0.29, 0.717) is 11.6 Å². The zero-order valence-electron chi connectivity index (χ0n) is 12.5. The molecule has 0 spiro atoms. The lowest BCUT2D eigenvalue weighted by Crippen LogP contribution is -2.42. The molecule has 0 aliphatic heterocycles. The van der Waals surface area contributed by atoms with Gasteiger partial charge in [-0.25, -0.2) is 0 Å². The Morgan fingerprint density at radius 3 is 2.81 bits per heavy atom. The maximum Gasteiger partial charge on any atom is 0.310 e. The summed E-state index contributed by atoms with van der Waals surface area (Å²) in [4.78, 5) is 11.9. The van der Waals surface area contributed by atoms with Gasteiger partial charge >= 0.3 is 5.97 Å². The lowest BCUT2D eigenvalue weighted by Gasteiger charge is -2.30. The number of rotatable bonds is 5. The van der Waals surface area contributed by atoms with Crippen LogP contribution in [0.2, 0.25) is 5.02 Å². The Labute approximate surface area is 130 Å². The second kappa shape index (κ2) is 7.66. The fourth-order valence-electron chi connectivity index (χ4n) is 2.94. The van der Waals surface area contributed by atoms with Gasteiger partial charge in [0, 0.05) is 23.2 Å². The number of hydrogen-bond acceptors (Lipinski definition) is 4. The molecule has 0 saturated heterocycles. The van der Waals surface area contributed by atoms with Crippen molar-refractivity contribution in [3.63, 3.8) is 0 Å². The van der Waals surface area contributed by atoms with Crippen molar-refractivity contribution in [1.29, 1.82) is 0 Å². The van der Waals surface area contributed by atoms with Gasteiger partial charge in [0.15, 0.2) is 0 Å². The second-order valence-corrected chi connectivity index (χ2v) is 5.79. The molecule has 0 bridgehead atoms. The summed E-state index contributed by atoms with van der Waals surface area (Å²) in [5.41, 5.74) is 0.999. The van der Waals surface area contributed by atoms with Crippen molar-refractivity contribution in [3.05, 3.63) is 28.8 Å². The van der Waals surface area contributed by atoms with Gasteiger partial charge in [0.25, 0.3) is 0 Å². The molecule has 1 N–H and O–H groups in total. The van der Waals surface area contributed by atoms with Gasteiger partial charge in [-0.15, -0.1) is 0 Å². The number of benzene rings is 1. The minimum Gasteiger partial charge on any atom is -0.496 e. The maximum atomic E-state index is 11.9. The number of esters is 1. The summed E-state index contributed by atoms with van der Waals surface area (Å²) in [5.74, 6) is 0.622. The topological polar surface area (TPSA) is 47.6 Å². The third-order valence-corrected chi connectivity index (χ3v) is 4.30. The van der Waals surface area contributed by atoms with Crippen LogP contribution in [0, 0.1) is 5.92 Å². The van der Waals surface area contributed by atoms with Crippen molar-refractivity contribution in [3.8, 4) is 5.75 Å². The van der Waals surface area contributed by atoms with E-state index in [2.05, 4.69) is 5.32 Å². The SMILES string of the molecule is COC(=O)[C@H]1CCCC[C@@H]1NCc1cc(Cl)ccc1OC. The molecule has 0 aromatic heterocycles. The van der Waals surface area contributed by atoms with E-state index < -0.39 is 0 Å². The largest absolute Gasteiger partial charge is 0.496 e. The Balaban J connectivity index is 2.03. The zero-order chi connectivity index (χ0) is 15.2. The van der Waals surface area contributed by atoms with E-state index in [-0.39, 0.29) is 17.9 Å². The highest BCUT2D eigenvalue weighted by atomic mass is 35.5. The van der Waals surface area contributed by atoms with Crippen LogP contribution in [-0.4, -0.2) is 26.2 Å². The molecule has 2 atom stereocenters. The van der Waals surface area contributed by atoms with Crippen molar-refractivity contribution < 1.29 is 14.3 Å². The fraction of sp³-hybridized carbons (Fsp3) is 0.562. The maximum absolute atomic E-state index is 11.9. The van der Waals surface area contributed by atoms with Crippen molar-refractivity contribution >= 4 is 17.6 Å². The average molecular weight is 312 g/mol. The minimum absolute atomic E-state index is 0.0612. The van der Waals surface area contributed by atoms with Crippen molar-refractivity contribution in [1.82, 2.24) is 5.32 Å². The molecule has 0 amide bonds. The first kappa shape index (κ1) is 16.1. The highest BCUT2D eigenvalue weighted by Gasteiger charge is 2.31. The van der Waals surface area contributed by atoms with E-state index in [1.54, 1.807) is 7.11 Å². The van der Waals surface area contributed by atoms with Gasteiger partial charge < -0.3 is 14.8 Å². The number of nitrogens with one attached hydrogen (secondary N) is 1. The first-order valence-electron chi connectivity index (χ1n) is 7.29. The summed E-state index contributed by atoms with van der Waals surface area (Å²) in [6, 6.07) is 5.71. The van der Waals surface area contributed by atoms with Gasteiger partial charge in [0.05, 0.1) is 20.1 Å². The van der Waals surface area contributed by atoms with Gasteiger partial charge in [-0.05, 0) is 31.0 Å². The van der Waals surface area contributed by atoms with Crippen molar-refractivity contribution in [2.75, 3.05) is 14.2 Å². The highest BCUT2D eigenvalue weighted by Crippen LogP contribution is 2.27. The van der Waals surface area contributed by atoms with Gasteiger partial charge in [-0.2, -0.15) is 0 Å². The number of ether oxygens (including phenoxy) is 2. The number of hydrogen-bond donors (Lipinski definition) is 1. The van der Waals surface area contributed by atoms with Crippen LogP contribution in [0.4, 0.5) is 0 Å². The standard InChI is InChI=1S/C16H22ClNO3/c1-20-15-8-7-12(17)9-11(15)10-18-14-6-4-3-5-13(14)16(19)21-2/h7-9,13-14,18H,3-6,10H2,1-2H3/t13-,14-/m0/s1. The Morgan fingerprint density at radius 2 is 2.10 bits per heavy atom. The van der Waals surface area contributed by atoms with Crippen molar-refractivity contribution in [2.24, 2.45) is 5.92 Å². The Bertz CT molecular complexity index is 492. The molecule has 0 radical (unpaired) electrons. The van der Waals surface area contributed by atoms with E-state index >= 15 is 0 Å². The molecule has 1 aromatic rings. The van der Waals surface area contributed by atoms with E-state index in [1.165, 1.54) is 7.11 Å². The van der Waals surface area contributed by atoms with Gasteiger partial charge in [0.1, 0.15) is 5.75 Å². The van der Waals surface area contributed by atoms with Crippen molar-refractivity contribution in [2.45, 2.75) is 38.3 Å². The molecular formula is C16H22ClNO3. The fourth-order valence-corrected chi connectivity index (χ4v) is 3.13. The molecule has 1 aliphatic rings. The molecule has 2 rings (SSSR count). The van der Waals surface area contributed by atoms with Gasteiger partial charge in [-0.1, -0.05) is 24.4 Å². The third-order valence-electron chi connectivity index (χ3n) is 4.07. The Morgan fingerprint density at radius 1 is 1.33 bits per heavy atom. The van der Waals surface area contributed by atoms with Gasteiger partial charge in [-0.3, -0.25) is 4.79 Å². The van der Waals surface area contributed by atoms with Crippen LogP contribution in [0.1, 0.15) is 31.2 Å². The Hall–Kier alpha value is -1.26. The molecular weight excluding hydrogens is 290 g/mol. The van der Waals surface area contributed by atoms with Crippen LogP contribution < -0.4 is 10.1 Å². The first-order valence-corrected chi connectivity index (χ1v) is 7.67. The lowest BCUT2D eigenvalue weighted by molar-refractivity contribution is -0.147. The quantitative estimate of drug-likeness (QED) is 0.849. The van der Waals surface area contributed by atoms with Crippen LogP contribution in [-0.2, 0) is 16.1 Å². The molecule has 5 heteroatoms. The summed E-state index contributed by atoms with van der Waals surface area (Å²) in [6.07, 6.45) is 4.09. The normalized spacial score (nSPS) is 21.9. The predicted molar refractivity (Wildman–Crippen MR) is 82.6 cm³/mol. The van der Waals surface area contributed by atoms with Crippen LogP contribution in [0.15, 0.2) is 18.2 Å². The van der Waals surface area contributed by atoms with Crippen LogP contribution in [0.5, 0.6) is 5.75 Å². The lowest BCUT2D eigenvalue weighted by atomic mass is 9.84. The van der Waals surface area contributed by atoms with Crippen LogP contribution in [0.3, 0.4) is 0 Å². The number of carbonyl (C=O) groups is 1. The Kier molecular flexibility index (Phi) is 5.88. The third kappa shape index (κ3) is 4.11. The van der Waals surface area contributed by atoms with E-state index in [1.807, 2.05) is 18.2 Å². The molecule has 4 nitrogen and oxygen atoms in total. The average Bonchev–Trinajstić information content (AvgIpc) is 2.52. The molecule has 0 unspecified atom stereocenters. The summed E-state index contributed by atoms with van der Waals surface area (Å²) in [5, 5.41) is 4.15. The number of methoxy groups -OCH3 is 2. The van der Waals surface area contributed by atoms with Crippen LogP contribution in [0.25, 0.3) is 0 Å². The molecule has 116 valence electrons. The molecule has 1 fully saturated rings. The number of halogens is 1. The smallest absolute Gasteiger partial charge is 0.310 e. The summed E-state index contributed by atoms with van der Waals surface area (Å²) in [6.45, 7) is 0.627. The van der Waals surface area contributed by atoms with E-state index in [0.717, 1.165) is 37.0 Å². The monoisotopic (exact) mass is 311 g/mol. The van der Waals surface area contributed by atoms with Crippen LogP contribution >= 0.6 is 11.6 Å². The molecule has 0 heterocycles. The van der Waals surface area contributed by atoms with E-state index in [4.69, 9.17) is 21.1 Å². The number of carbonyl (C=O) groups excluding carboxylic acids is 1. The summed E-state index contributed by atoms with van der Waals surface area (Å²) < 4.78 is 10.3. The highest BCUT2D eigenvalue weighted by molar-refractivity contribution is 6.30. The molecule has 1 aliphatic carbocycles. The second-order valence-electron chi connectivity index (χ2n) is 5.36. The van der Waals surface area contributed by atoms with E-state index in [9.17, 15) is 4.79 Å². The minimum atomic E-state index is -0.120. The molecule has 21 heavy (non-hydrogen) atoms. The molecule has 1 saturated carbocycles. The zero-order valence-corrected chi connectivity index (χ0v) is 13.3.